The van der Waals surface area contributed by atoms with Crippen molar-refractivity contribution in [2.45, 2.75) is 18.2 Å². The number of H-pyrrole nitrogens is 1. The lowest BCUT2D eigenvalue weighted by Crippen LogP contribution is -2.26. The maximum Gasteiger partial charge on any atom is 0.240 e. The molecule has 0 aliphatic carbocycles. The van der Waals surface area contributed by atoms with Gasteiger partial charge >= 0.3 is 0 Å². The Morgan fingerprint density at radius 2 is 2.05 bits per heavy atom. The summed E-state index contributed by atoms with van der Waals surface area (Å²) < 4.78 is 37.9. The molecule has 118 valence electrons. The van der Waals surface area contributed by atoms with Gasteiger partial charge in [0.15, 0.2) is 11.5 Å². The average molecular weight is 323 g/mol. The van der Waals surface area contributed by atoms with Crippen LogP contribution in [0.2, 0.25) is 0 Å². The molecule has 1 aromatic carbocycles. The van der Waals surface area contributed by atoms with E-state index in [9.17, 15) is 8.42 Å². The van der Waals surface area contributed by atoms with Gasteiger partial charge in [0.1, 0.15) is 19.0 Å². The summed E-state index contributed by atoms with van der Waals surface area (Å²) in [5.41, 5.74) is 0.891. The van der Waals surface area contributed by atoms with Crippen LogP contribution in [0.3, 0.4) is 0 Å². The van der Waals surface area contributed by atoms with Gasteiger partial charge < -0.3 is 14.5 Å². The Bertz CT molecular complexity index is 770. The van der Waals surface area contributed by atoms with Crippen molar-refractivity contribution in [3.05, 3.63) is 35.9 Å². The number of hydrogen-bond acceptors (Lipinski definition) is 5. The molecule has 0 radical (unpaired) electrons. The second-order valence-electron chi connectivity index (χ2n) is 4.95. The number of ether oxygens (including phenoxy) is 2. The molecule has 7 nitrogen and oxygen atoms in total. The minimum atomic E-state index is -3.58. The van der Waals surface area contributed by atoms with E-state index >= 15 is 0 Å². The van der Waals surface area contributed by atoms with E-state index in [-0.39, 0.29) is 4.90 Å². The average Bonchev–Trinajstić information content (AvgIpc) is 2.92. The first-order chi connectivity index (χ1) is 10.5. The number of rotatable bonds is 5. The highest BCUT2D eigenvalue weighted by molar-refractivity contribution is 7.89. The first kappa shape index (κ1) is 14.9. The van der Waals surface area contributed by atoms with Crippen LogP contribution in [-0.2, 0) is 16.4 Å². The van der Waals surface area contributed by atoms with Crippen molar-refractivity contribution in [3.8, 4) is 11.5 Å². The number of benzene rings is 1. The van der Waals surface area contributed by atoms with Crippen molar-refractivity contribution in [2.24, 2.45) is 0 Å². The van der Waals surface area contributed by atoms with E-state index in [1.807, 2.05) is 6.92 Å². The number of hydrogen-bond donors (Lipinski definition) is 2. The number of imidazole rings is 1. The third-order valence-electron chi connectivity index (χ3n) is 3.27. The Morgan fingerprint density at radius 3 is 2.77 bits per heavy atom. The van der Waals surface area contributed by atoms with Crippen LogP contribution in [0.5, 0.6) is 11.5 Å². The highest BCUT2D eigenvalue weighted by atomic mass is 32.2. The largest absolute Gasteiger partial charge is 0.486 e. The van der Waals surface area contributed by atoms with E-state index in [2.05, 4.69) is 14.7 Å². The van der Waals surface area contributed by atoms with Gasteiger partial charge in [-0.05, 0) is 19.1 Å². The number of nitrogens with one attached hydrogen (secondary N) is 2. The Kier molecular flexibility index (Phi) is 4.04. The van der Waals surface area contributed by atoms with Gasteiger partial charge in [0.2, 0.25) is 10.0 Å². The molecule has 0 spiro atoms. The molecule has 22 heavy (non-hydrogen) atoms. The lowest BCUT2D eigenvalue weighted by atomic mass is 10.3. The van der Waals surface area contributed by atoms with Crippen molar-refractivity contribution in [1.29, 1.82) is 0 Å². The molecule has 0 unspecified atom stereocenters. The summed E-state index contributed by atoms with van der Waals surface area (Å²) in [7, 11) is -3.58. The number of aromatic nitrogens is 2. The normalized spacial score (nSPS) is 14.0. The fourth-order valence-corrected chi connectivity index (χ4v) is 3.24. The third-order valence-corrected chi connectivity index (χ3v) is 4.72. The molecule has 2 aromatic rings. The summed E-state index contributed by atoms with van der Waals surface area (Å²) >= 11 is 0. The van der Waals surface area contributed by atoms with Gasteiger partial charge in [-0.3, -0.25) is 0 Å². The maximum absolute atomic E-state index is 12.3. The molecular weight excluding hydrogens is 306 g/mol. The predicted octanol–water partition coefficient (Wildman–Crippen LogP) is 1.01. The zero-order chi connectivity index (χ0) is 15.6. The van der Waals surface area contributed by atoms with Gasteiger partial charge in [0.05, 0.1) is 4.90 Å². The van der Waals surface area contributed by atoms with Crippen LogP contribution in [0.15, 0.2) is 29.3 Å². The third kappa shape index (κ3) is 3.23. The molecule has 0 bridgehead atoms. The number of sulfonamides is 1. The number of nitrogens with zero attached hydrogens (tertiary/aromatic N) is 1. The second-order valence-corrected chi connectivity index (χ2v) is 6.71. The van der Waals surface area contributed by atoms with Crippen LogP contribution in [-0.4, -0.2) is 38.1 Å². The van der Waals surface area contributed by atoms with Crippen LogP contribution in [0.1, 0.15) is 11.5 Å². The van der Waals surface area contributed by atoms with Crippen molar-refractivity contribution in [3.63, 3.8) is 0 Å². The van der Waals surface area contributed by atoms with Crippen LogP contribution in [0.25, 0.3) is 0 Å². The lowest BCUT2D eigenvalue weighted by Gasteiger charge is -2.18. The zero-order valence-electron chi connectivity index (χ0n) is 12.1. The van der Waals surface area contributed by atoms with Crippen molar-refractivity contribution in [1.82, 2.24) is 14.7 Å². The Morgan fingerprint density at radius 1 is 1.27 bits per heavy atom. The molecule has 0 amide bonds. The van der Waals surface area contributed by atoms with E-state index in [4.69, 9.17) is 9.47 Å². The molecule has 1 aromatic heterocycles. The quantitative estimate of drug-likeness (QED) is 0.856. The first-order valence-electron chi connectivity index (χ1n) is 6.94. The minimum Gasteiger partial charge on any atom is -0.486 e. The van der Waals surface area contributed by atoms with Crippen molar-refractivity contribution >= 4 is 10.0 Å². The summed E-state index contributed by atoms with van der Waals surface area (Å²) in [6.07, 6.45) is 2.25. The number of aryl methyl sites for hydroxylation is 1. The van der Waals surface area contributed by atoms with Gasteiger partial charge in [-0.1, -0.05) is 0 Å². The molecule has 8 heteroatoms. The van der Waals surface area contributed by atoms with Gasteiger partial charge in [0, 0.05) is 30.9 Å². The summed E-state index contributed by atoms with van der Waals surface area (Å²) in [5.74, 6) is 1.83. The van der Waals surface area contributed by atoms with Crippen LogP contribution in [0.4, 0.5) is 0 Å². The second kappa shape index (κ2) is 5.98. The van der Waals surface area contributed by atoms with E-state index in [0.29, 0.717) is 37.7 Å². The molecule has 0 saturated heterocycles. The lowest BCUT2D eigenvalue weighted by molar-refractivity contribution is 0.171. The molecule has 2 N–H and O–H groups in total. The number of fused-ring (bicyclic) bond motifs is 1. The van der Waals surface area contributed by atoms with Gasteiger partial charge in [-0.15, -0.1) is 0 Å². The standard InChI is InChI=1S/C14H17N3O4S/c1-10-15-9-11(17-10)4-5-16-22(18,19)12-2-3-13-14(8-12)21-7-6-20-13/h2-3,8-9,16H,4-7H2,1H3,(H,15,17). The van der Waals surface area contributed by atoms with Gasteiger partial charge in [-0.25, -0.2) is 18.1 Å². The van der Waals surface area contributed by atoms with Crippen LogP contribution >= 0.6 is 0 Å². The molecular formula is C14H17N3O4S. The Labute approximate surface area is 128 Å². The highest BCUT2D eigenvalue weighted by Crippen LogP contribution is 2.32. The van der Waals surface area contributed by atoms with E-state index < -0.39 is 10.0 Å². The molecule has 3 rings (SSSR count). The monoisotopic (exact) mass is 323 g/mol. The SMILES string of the molecule is Cc1ncc(CCNS(=O)(=O)c2ccc3c(c2)OCCO3)[nH]1. The molecule has 0 atom stereocenters. The fourth-order valence-electron chi connectivity index (χ4n) is 2.19. The summed E-state index contributed by atoms with van der Waals surface area (Å²) in [6, 6.07) is 4.61. The van der Waals surface area contributed by atoms with Gasteiger partial charge in [-0.2, -0.15) is 0 Å². The number of aromatic amines is 1. The molecule has 1 aliphatic heterocycles. The summed E-state index contributed by atoms with van der Waals surface area (Å²) in [5, 5.41) is 0. The van der Waals surface area contributed by atoms with Crippen LogP contribution in [0, 0.1) is 6.92 Å². The maximum atomic E-state index is 12.3. The van der Waals surface area contributed by atoms with E-state index in [0.717, 1.165) is 11.5 Å². The predicted molar refractivity (Wildman–Crippen MR) is 79.6 cm³/mol. The van der Waals surface area contributed by atoms with Crippen molar-refractivity contribution < 1.29 is 17.9 Å². The first-order valence-corrected chi connectivity index (χ1v) is 8.43. The Hall–Kier alpha value is -2.06. The Balaban J connectivity index is 1.67. The molecule has 1 aliphatic rings. The summed E-state index contributed by atoms with van der Waals surface area (Å²) in [6.45, 7) is 3.03. The van der Waals surface area contributed by atoms with Crippen LogP contribution < -0.4 is 14.2 Å². The van der Waals surface area contributed by atoms with Crippen molar-refractivity contribution in [2.75, 3.05) is 19.8 Å². The minimum absolute atomic E-state index is 0.164. The zero-order valence-corrected chi connectivity index (χ0v) is 12.9. The fraction of sp³-hybridized carbons (Fsp3) is 0.357. The van der Waals surface area contributed by atoms with E-state index in [1.54, 1.807) is 12.3 Å². The molecule has 2 heterocycles. The van der Waals surface area contributed by atoms with E-state index in [1.165, 1.54) is 12.1 Å². The highest BCUT2D eigenvalue weighted by Gasteiger charge is 2.19. The molecule has 0 saturated carbocycles. The molecule has 0 fully saturated rings. The van der Waals surface area contributed by atoms with Gasteiger partial charge in [0.25, 0.3) is 0 Å². The summed E-state index contributed by atoms with van der Waals surface area (Å²) in [4.78, 5) is 7.30. The smallest absolute Gasteiger partial charge is 0.240 e. The topological polar surface area (TPSA) is 93.3 Å².